The first-order chi connectivity index (χ1) is 6.79. The second kappa shape index (κ2) is 4.33. The van der Waals surface area contributed by atoms with Gasteiger partial charge in [-0.1, -0.05) is 4.49 Å². The third-order valence-electron chi connectivity index (χ3n) is 2.54. The standard InChI is InChI=1S/C9H15N3OS/c1-9(3-2-4-13-7-9)10-5-8-6-14-12-11-8/h6,10H,2-5,7H2,1H3. The van der Waals surface area contributed by atoms with Crippen molar-refractivity contribution in [2.24, 2.45) is 0 Å². The number of ether oxygens (including phenoxy) is 1. The molecule has 0 aliphatic carbocycles. The van der Waals surface area contributed by atoms with E-state index in [0.717, 1.165) is 31.9 Å². The first-order valence-electron chi connectivity index (χ1n) is 4.87. The van der Waals surface area contributed by atoms with Crippen LogP contribution in [0.3, 0.4) is 0 Å². The van der Waals surface area contributed by atoms with E-state index in [9.17, 15) is 0 Å². The molecule has 0 saturated carbocycles. The first kappa shape index (κ1) is 10.0. The largest absolute Gasteiger partial charge is 0.380 e. The highest BCUT2D eigenvalue weighted by Crippen LogP contribution is 2.18. The third kappa shape index (κ3) is 2.50. The van der Waals surface area contributed by atoms with Crippen molar-refractivity contribution in [1.82, 2.24) is 14.9 Å². The second-order valence-corrected chi connectivity index (χ2v) is 4.58. The molecule has 0 spiro atoms. The van der Waals surface area contributed by atoms with E-state index >= 15 is 0 Å². The number of hydrogen-bond donors (Lipinski definition) is 1. The molecule has 0 radical (unpaired) electrons. The predicted octanol–water partition coefficient (Wildman–Crippen LogP) is 1.20. The zero-order chi connectivity index (χ0) is 9.86. The summed E-state index contributed by atoms with van der Waals surface area (Å²) >= 11 is 1.39. The highest BCUT2D eigenvalue weighted by Gasteiger charge is 2.26. The molecular formula is C9H15N3OS. The molecule has 1 N–H and O–H groups in total. The van der Waals surface area contributed by atoms with Crippen LogP contribution in [0.1, 0.15) is 25.5 Å². The van der Waals surface area contributed by atoms with Crippen LogP contribution in [-0.4, -0.2) is 28.3 Å². The maximum Gasteiger partial charge on any atom is 0.0893 e. The van der Waals surface area contributed by atoms with E-state index in [1.54, 1.807) is 0 Å². The minimum absolute atomic E-state index is 0.113. The quantitative estimate of drug-likeness (QED) is 0.819. The molecule has 14 heavy (non-hydrogen) atoms. The number of nitrogens with zero attached hydrogens (tertiary/aromatic N) is 2. The number of rotatable bonds is 3. The van der Waals surface area contributed by atoms with E-state index in [4.69, 9.17) is 4.74 Å². The topological polar surface area (TPSA) is 47.0 Å². The van der Waals surface area contributed by atoms with Crippen LogP contribution >= 0.6 is 11.5 Å². The van der Waals surface area contributed by atoms with Crippen LogP contribution in [-0.2, 0) is 11.3 Å². The lowest BCUT2D eigenvalue weighted by molar-refractivity contribution is 0.0276. The van der Waals surface area contributed by atoms with Gasteiger partial charge in [0.2, 0.25) is 0 Å². The van der Waals surface area contributed by atoms with Crippen molar-refractivity contribution < 1.29 is 4.74 Å². The van der Waals surface area contributed by atoms with Crippen LogP contribution in [0.5, 0.6) is 0 Å². The van der Waals surface area contributed by atoms with Crippen molar-refractivity contribution in [2.45, 2.75) is 31.8 Å². The van der Waals surface area contributed by atoms with Gasteiger partial charge in [0.05, 0.1) is 12.3 Å². The molecule has 5 heteroatoms. The van der Waals surface area contributed by atoms with E-state index in [2.05, 4.69) is 21.8 Å². The van der Waals surface area contributed by atoms with Crippen molar-refractivity contribution >= 4 is 11.5 Å². The van der Waals surface area contributed by atoms with E-state index in [0.29, 0.717) is 0 Å². The van der Waals surface area contributed by atoms with Crippen molar-refractivity contribution in [1.29, 1.82) is 0 Å². The minimum Gasteiger partial charge on any atom is -0.380 e. The van der Waals surface area contributed by atoms with Gasteiger partial charge >= 0.3 is 0 Å². The predicted molar refractivity (Wildman–Crippen MR) is 55.2 cm³/mol. The van der Waals surface area contributed by atoms with E-state index < -0.39 is 0 Å². The van der Waals surface area contributed by atoms with Gasteiger partial charge in [-0.3, -0.25) is 0 Å². The van der Waals surface area contributed by atoms with Crippen molar-refractivity contribution in [2.75, 3.05) is 13.2 Å². The van der Waals surface area contributed by atoms with Gasteiger partial charge < -0.3 is 10.1 Å². The van der Waals surface area contributed by atoms with Crippen molar-refractivity contribution in [3.63, 3.8) is 0 Å². The molecule has 0 bridgehead atoms. The van der Waals surface area contributed by atoms with Crippen LogP contribution in [0.2, 0.25) is 0 Å². The highest BCUT2D eigenvalue weighted by molar-refractivity contribution is 7.03. The van der Waals surface area contributed by atoms with Crippen LogP contribution in [0.4, 0.5) is 0 Å². The summed E-state index contributed by atoms with van der Waals surface area (Å²) in [6.07, 6.45) is 2.31. The summed E-state index contributed by atoms with van der Waals surface area (Å²) in [5, 5.41) is 9.45. The summed E-state index contributed by atoms with van der Waals surface area (Å²) in [4.78, 5) is 0. The highest BCUT2D eigenvalue weighted by atomic mass is 32.1. The number of nitrogens with one attached hydrogen (secondary N) is 1. The molecule has 0 aromatic carbocycles. The Hall–Kier alpha value is -0.520. The Kier molecular flexibility index (Phi) is 3.10. The molecule has 1 aliphatic heterocycles. The molecule has 1 fully saturated rings. The molecule has 1 saturated heterocycles. The molecule has 1 unspecified atom stereocenters. The first-order valence-corrected chi connectivity index (χ1v) is 5.71. The maximum atomic E-state index is 5.46. The van der Waals surface area contributed by atoms with E-state index in [1.165, 1.54) is 18.0 Å². The normalized spacial score (nSPS) is 27.8. The van der Waals surface area contributed by atoms with Gasteiger partial charge in [0, 0.05) is 24.1 Å². The van der Waals surface area contributed by atoms with Gasteiger partial charge in [-0.2, -0.15) is 0 Å². The van der Waals surface area contributed by atoms with Crippen molar-refractivity contribution in [3.05, 3.63) is 11.1 Å². The molecule has 78 valence electrons. The summed E-state index contributed by atoms with van der Waals surface area (Å²) < 4.78 is 9.29. The molecule has 1 aromatic heterocycles. The Bertz CT molecular complexity index is 270. The molecule has 2 rings (SSSR count). The number of hydrogen-bond acceptors (Lipinski definition) is 5. The van der Waals surface area contributed by atoms with Gasteiger partial charge in [-0.05, 0) is 31.3 Å². The van der Waals surface area contributed by atoms with Crippen molar-refractivity contribution in [3.8, 4) is 0 Å². The Labute approximate surface area is 87.8 Å². The van der Waals surface area contributed by atoms with Crippen LogP contribution < -0.4 is 5.32 Å². The average Bonchev–Trinajstić information content (AvgIpc) is 2.69. The fraction of sp³-hybridized carbons (Fsp3) is 0.778. The lowest BCUT2D eigenvalue weighted by atomic mass is 9.95. The maximum absolute atomic E-state index is 5.46. The Balaban J connectivity index is 1.84. The van der Waals surface area contributed by atoms with Gasteiger partial charge in [-0.15, -0.1) is 5.10 Å². The van der Waals surface area contributed by atoms with Gasteiger partial charge in [0.1, 0.15) is 0 Å². The molecule has 0 amide bonds. The Morgan fingerprint density at radius 2 is 2.64 bits per heavy atom. The lowest BCUT2D eigenvalue weighted by Gasteiger charge is -2.34. The van der Waals surface area contributed by atoms with Gasteiger partial charge in [0.15, 0.2) is 0 Å². The molecule has 1 aromatic rings. The fourth-order valence-electron chi connectivity index (χ4n) is 1.64. The summed E-state index contributed by atoms with van der Waals surface area (Å²) in [7, 11) is 0. The summed E-state index contributed by atoms with van der Waals surface area (Å²) in [5.74, 6) is 0. The molecule has 1 aliphatic rings. The Morgan fingerprint density at radius 1 is 1.71 bits per heavy atom. The molecule has 1 atom stereocenters. The zero-order valence-corrected chi connectivity index (χ0v) is 9.14. The SMILES string of the molecule is CC1(NCc2csnn2)CCCOC1. The summed E-state index contributed by atoms with van der Waals surface area (Å²) in [5.41, 5.74) is 1.13. The van der Waals surface area contributed by atoms with E-state index in [-0.39, 0.29) is 5.54 Å². The fourth-order valence-corrected chi connectivity index (χ4v) is 2.09. The molecule has 4 nitrogen and oxygen atoms in total. The smallest absolute Gasteiger partial charge is 0.0893 e. The lowest BCUT2D eigenvalue weighted by Crippen LogP contribution is -2.48. The average molecular weight is 213 g/mol. The van der Waals surface area contributed by atoms with Crippen LogP contribution in [0.15, 0.2) is 5.38 Å². The Morgan fingerprint density at radius 3 is 3.29 bits per heavy atom. The molecular weight excluding hydrogens is 198 g/mol. The zero-order valence-electron chi connectivity index (χ0n) is 8.32. The van der Waals surface area contributed by atoms with E-state index in [1.807, 2.05) is 5.38 Å². The van der Waals surface area contributed by atoms with Gasteiger partial charge in [-0.25, -0.2) is 0 Å². The van der Waals surface area contributed by atoms with Crippen LogP contribution in [0.25, 0.3) is 0 Å². The third-order valence-corrected chi connectivity index (χ3v) is 3.09. The molecule has 2 heterocycles. The monoisotopic (exact) mass is 213 g/mol. The summed E-state index contributed by atoms with van der Waals surface area (Å²) in [6, 6.07) is 0. The number of aromatic nitrogens is 2. The van der Waals surface area contributed by atoms with Crippen LogP contribution in [0, 0.1) is 0 Å². The van der Waals surface area contributed by atoms with Gasteiger partial charge in [0.25, 0.3) is 0 Å². The second-order valence-electron chi connectivity index (χ2n) is 3.97. The minimum atomic E-state index is 0.113. The summed E-state index contributed by atoms with van der Waals surface area (Å²) in [6.45, 7) is 4.68.